The Balaban J connectivity index is 0. The van der Waals surface area contributed by atoms with Crippen LogP contribution in [0.4, 0.5) is 0 Å². The van der Waals surface area contributed by atoms with Gasteiger partial charge in [-0.3, -0.25) is 0 Å². The summed E-state index contributed by atoms with van der Waals surface area (Å²) in [5.41, 5.74) is 6.03. The number of hydrogen-bond donors (Lipinski definition) is 0. The van der Waals surface area contributed by atoms with E-state index < -0.39 is 0 Å². The lowest BCUT2D eigenvalue weighted by atomic mass is 9.97. The van der Waals surface area contributed by atoms with Gasteiger partial charge in [0, 0.05) is 10.1 Å². The monoisotopic (exact) mass is 420 g/mol. The molecular formula is C26H38Cl2. The third-order valence-electron chi connectivity index (χ3n) is 4.31. The van der Waals surface area contributed by atoms with E-state index >= 15 is 0 Å². The van der Waals surface area contributed by atoms with Gasteiger partial charge in [0.15, 0.2) is 0 Å². The molecule has 0 nitrogen and oxygen atoms in total. The second-order valence-electron chi connectivity index (χ2n) is 6.75. The van der Waals surface area contributed by atoms with Crippen molar-refractivity contribution in [3.63, 3.8) is 0 Å². The molecule has 0 saturated heterocycles. The second kappa shape index (κ2) is 17.6. The Labute approximate surface area is 184 Å². The molecule has 0 heterocycles. The number of rotatable bonds is 2. The van der Waals surface area contributed by atoms with Crippen molar-refractivity contribution >= 4 is 23.2 Å². The first-order valence-corrected chi connectivity index (χ1v) is 10.5. The Morgan fingerprint density at radius 2 is 1.36 bits per heavy atom. The number of allylic oxidation sites excluding steroid dienone is 12. The third kappa shape index (κ3) is 13.6. The van der Waals surface area contributed by atoms with E-state index in [0.717, 1.165) is 46.9 Å². The van der Waals surface area contributed by atoms with Gasteiger partial charge in [0.05, 0.1) is 0 Å². The normalized spacial score (nSPS) is 16.6. The van der Waals surface area contributed by atoms with Crippen molar-refractivity contribution in [2.45, 2.75) is 66.7 Å². The highest BCUT2D eigenvalue weighted by molar-refractivity contribution is 6.32. The fourth-order valence-corrected chi connectivity index (χ4v) is 2.58. The molecular weight excluding hydrogens is 383 g/mol. The lowest BCUT2D eigenvalue weighted by molar-refractivity contribution is 0.780. The van der Waals surface area contributed by atoms with Gasteiger partial charge >= 0.3 is 0 Å². The molecule has 0 unspecified atom stereocenters. The summed E-state index contributed by atoms with van der Waals surface area (Å²) >= 11 is 11.7. The van der Waals surface area contributed by atoms with Gasteiger partial charge in [-0.05, 0) is 77.9 Å². The Morgan fingerprint density at radius 3 is 1.54 bits per heavy atom. The molecule has 0 aliphatic heterocycles. The molecule has 156 valence electrons. The zero-order valence-corrected chi connectivity index (χ0v) is 20.0. The van der Waals surface area contributed by atoms with Crippen LogP contribution in [0.1, 0.15) is 66.7 Å². The van der Waals surface area contributed by atoms with Crippen LogP contribution in [-0.4, -0.2) is 0 Å². The standard InChI is InChI=1S/C8H11Cl.C7H9Cl.C6H10.C5H8/c1-6-4-3-5-7(2)8(6)9;1-5-3-4-6(2)7(5)8;1-4-6(3)5-2;1-3-5-4-2/h1,3-5H2,2H3;1,3-4H2,2H3;4-5H,1H2,2-3H3;3-5H,1H2,2H3. The van der Waals surface area contributed by atoms with Crippen molar-refractivity contribution in [2.75, 3.05) is 0 Å². The van der Waals surface area contributed by atoms with Crippen LogP contribution in [0.2, 0.25) is 0 Å². The Kier molecular flexibility index (Phi) is 18.0. The molecule has 0 fully saturated rings. The zero-order valence-electron chi connectivity index (χ0n) is 18.5. The first-order valence-electron chi connectivity index (χ1n) is 9.71. The number of halogens is 2. The molecule has 0 aromatic heterocycles. The van der Waals surface area contributed by atoms with Crippen molar-refractivity contribution in [1.82, 2.24) is 0 Å². The Morgan fingerprint density at radius 1 is 0.857 bits per heavy atom. The van der Waals surface area contributed by atoms with Crippen LogP contribution in [-0.2, 0) is 0 Å². The zero-order chi connectivity index (χ0) is 22.1. The van der Waals surface area contributed by atoms with E-state index in [-0.39, 0.29) is 0 Å². The van der Waals surface area contributed by atoms with E-state index in [2.05, 4.69) is 40.2 Å². The smallest absolute Gasteiger partial charge is 0.0421 e. The lowest BCUT2D eigenvalue weighted by Crippen LogP contribution is -1.94. The van der Waals surface area contributed by atoms with Gasteiger partial charge in [-0.25, -0.2) is 0 Å². The molecule has 0 spiro atoms. The van der Waals surface area contributed by atoms with E-state index in [1.807, 2.05) is 45.1 Å². The first kappa shape index (κ1) is 28.7. The summed E-state index contributed by atoms with van der Waals surface area (Å²) in [6.07, 6.45) is 15.1. The molecule has 0 bridgehead atoms. The highest BCUT2D eigenvalue weighted by Crippen LogP contribution is 2.32. The van der Waals surface area contributed by atoms with Gasteiger partial charge in [0.2, 0.25) is 0 Å². The van der Waals surface area contributed by atoms with Gasteiger partial charge in [0.1, 0.15) is 0 Å². The molecule has 2 rings (SSSR count). The van der Waals surface area contributed by atoms with Crippen molar-refractivity contribution in [2.24, 2.45) is 0 Å². The molecule has 2 aliphatic carbocycles. The fraction of sp³-hybridized carbons (Fsp3) is 0.385. The van der Waals surface area contributed by atoms with Crippen LogP contribution in [0.15, 0.2) is 94.6 Å². The first-order chi connectivity index (χ1) is 13.2. The van der Waals surface area contributed by atoms with Crippen LogP contribution in [0.25, 0.3) is 0 Å². The number of hydrogen-bond acceptors (Lipinski definition) is 0. The van der Waals surface area contributed by atoms with E-state index in [0.29, 0.717) is 0 Å². The summed E-state index contributed by atoms with van der Waals surface area (Å²) in [5.74, 6) is 0. The minimum atomic E-state index is 0.907. The predicted octanol–water partition coefficient (Wildman–Crippen LogP) is 9.98. The molecule has 0 saturated carbocycles. The van der Waals surface area contributed by atoms with Gasteiger partial charge in [-0.2, -0.15) is 0 Å². The summed E-state index contributed by atoms with van der Waals surface area (Å²) in [4.78, 5) is 0. The average Bonchev–Trinajstić information content (AvgIpc) is 2.98. The van der Waals surface area contributed by atoms with Crippen LogP contribution in [0.3, 0.4) is 0 Å². The van der Waals surface area contributed by atoms with E-state index in [1.54, 1.807) is 6.08 Å². The second-order valence-corrected chi connectivity index (χ2v) is 7.50. The van der Waals surface area contributed by atoms with Gasteiger partial charge in [0.25, 0.3) is 0 Å². The van der Waals surface area contributed by atoms with Crippen molar-refractivity contribution in [3.8, 4) is 0 Å². The summed E-state index contributed by atoms with van der Waals surface area (Å²) < 4.78 is 0. The minimum Gasteiger partial charge on any atom is -0.0991 e. The van der Waals surface area contributed by atoms with E-state index in [4.69, 9.17) is 23.2 Å². The minimum absolute atomic E-state index is 0.907. The molecule has 2 heteroatoms. The maximum absolute atomic E-state index is 5.90. The van der Waals surface area contributed by atoms with E-state index in [9.17, 15) is 0 Å². The summed E-state index contributed by atoms with van der Waals surface area (Å²) in [6.45, 7) is 24.8. The topological polar surface area (TPSA) is 0 Å². The van der Waals surface area contributed by atoms with Gasteiger partial charge < -0.3 is 0 Å². The molecule has 0 radical (unpaired) electrons. The molecule has 0 amide bonds. The van der Waals surface area contributed by atoms with Crippen LogP contribution in [0.5, 0.6) is 0 Å². The molecule has 0 aromatic carbocycles. The van der Waals surface area contributed by atoms with Crippen molar-refractivity contribution < 1.29 is 0 Å². The van der Waals surface area contributed by atoms with Crippen molar-refractivity contribution in [3.05, 3.63) is 94.6 Å². The molecule has 2 aliphatic rings. The maximum Gasteiger partial charge on any atom is 0.0421 e. The molecule has 28 heavy (non-hydrogen) atoms. The highest BCUT2D eigenvalue weighted by Gasteiger charge is 2.11. The van der Waals surface area contributed by atoms with Crippen molar-refractivity contribution in [1.29, 1.82) is 0 Å². The van der Waals surface area contributed by atoms with Gasteiger partial charge in [-0.15, -0.1) is 0 Å². The fourth-order valence-electron chi connectivity index (χ4n) is 2.20. The summed E-state index contributed by atoms with van der Waals surface area (Å²) in [7, 11) is 0. The van der Waals surface area contributed by atoms with Crippen LogP contribution in [0, 0.1) is 0 Å². The summed E-state index contributed by atoms with van der Waals surface area (Å²) in [6, 6.07) is 0. The van der Waals surface area contributed by atoms with Crippen LogP contribution < -0.4 is 0 Å². The van der Waals surface area contributed by atoms with E-state index in [1.165, 1.54) is 23.1 Å². The SMILES string of the molecule is C=C1CCC(C)=C1Cl.C=C1CCCC(C)=C1Cl.C=CC(C)=CC.C=CC=CC. The third-order valence-corrected chi connectivity index (χ3v) is 5.49. The molecule has 0 N–H and O–H groups in total. The lowest BCUT2D eigenvalue weighted by Gasteiger charge is -2.14. The van der Waals surface area contributed by atoms with Gasteiger partial charge in [-0.1, -0.05) is 96.6 Å². The summed E-state index contributed by atoms with van der Waals surface area (Å²) in [5, 5.41) is 1.83. The predicted molar refractivity (Wildman–Crippen MR) is 133 cm³/mol. The van der Waals surface area contributed by atoms with Crippen LogP contribution >= 0.6 is 23.2 Å². The Bertz CT molecular complexity index is 652. The quantitative estimate of drug-likeness (QED) is 0.389. The largest absolute Gasteiger partial charge is 0.0991 e. The Hall–Kier alpha value is -1.50. The maximum atomic E-state index is 5.90. The molecule has 0 atom stereocenters. The average molecular weight is 421 g/mol. The highest BCUT2D eigenvalue weighted by atomic mass is 35.5. The molecule has 0 aromatic rings.